The Balaban J connectivity index is 1.66. The summed E-state index contributed by atoms with van der Waals surface area (Å²) in [6, 6.07) is 12.8. The molecule has 0 fully saturated rings. The molecular weight excluding hydrogens is 466 g/mol. The third kappa shape index (κ3) is 4.12. The number of hydrogen-bond acceptors (Lipinski definition) is 8. The van der Waals surface area contributed by atoms with Crippen LogP contribution in [-0.4, -0.2) is 38.0 Å². The average molecular weight is 492 g/mol. The second kappa shape index (κ2) is 9.07. The lowest BCUT2D eigenvalue weighted by atomic mass is 9.96. The zero-order valence-electron chi connectivity index (χ0n) is 19.9. The van der Waals surface area contributed by atoms with Crippen molar-refractivity contribution in [2.24, 2.45) is 4.99 Å². The number of esters is 1. The number of fused-ring (bicyclic) bond motifs is 2. The van der Waals surface area contributed by atoms with Crippen molar-refractivity contribution < 1.29 is 19.0 Å². The van der Waals surface area contributed by atoms with E-state index in [9.17, 15) is 9.59 Å². The fraction of sp³-hybridized carbons (Fsp3) is 0.269. The molecule has 9 heteroatoms. The molecule has 2 aromatic carbocycles. The molecule has 1 atom stereocenters. The van der Waals surface area contributed by atoms with Crippen LogP contribution in [0.3, 0.4) is 0 Å². The smallest absolute Gasteiger partial charge is 0.338 e. The van der Waals surface area contributed by atoms with Crippen molar-refractivity contribution in [1.29, 1.82) is 0 Å². The van der Waals surface area contributed by atoms with E-state index >= 15 is 0 Å². The molecule has 0 aliphatic carbocycles. The van der Waals surface area contributed by atoms with Crippen molar-refractivity contribution in [2.45, 2.75) is 19.9 Å². The lowest BCUT2D eigenvalue weighted by molar-refractivity contribution is -0.138. The van der Waals surface area contributed by atoms with Crippen LogP contribution in [0.4, 0.5) is 5.69 Å². The Morgan fingerprint density at radius 2 is 1.94 bits per heavy atom. The lowest BCUT2D eigenvalue weighted by Crippen LogP contribution is -2.35. The quantitative estimate of drug-likeness (QED) is 0.511. The first kappa shape index (κ1) is 22.9. The van der Waals surface area contributed by atoms with Gasteiger partial charge in [-0.05, 0) is 55.3 Å². The molecule has 0 spiro atoms. The largest absolute Gasteiger partial charge is 0.463 e. The summed E-state index contributed by atoms with van der Waals surface area (Å²) >= 11 is 1.29. The summed E-state index contributed by atoms with van der Waals surface area (Å²) < 4.78 is 18.2. The summed E-state index contributed by atoms with van der Waals surface area (Å²) in [5.74, 6) is 0.854. The first-order valence-corrected chi connectivity index (χ1v) is 12.1. The number of benzene rings is 2. The van der Waals surface area contributed by atoms with Crippen molar-refractivity contribution in [2.75, 3.05) is 32.4 Å². The second-order valence-corrected chi connectivity index (χ2v) is 9.39. The highest BCUT2D eigenvalue weighted by Crippen LogP contribution is 2.34. The maximum atomic E-state index is 13.4. The maximum absolute atomic E-state index is 13.4. The van der Waals surface area contributed by atoms with Crippen LogP contribution in [0.15, 0.2) is 57.8 Å². The van der Waals surface area contributed by atoms with Crippen LogP contribution in [0.2, 0.25) is 0 Å². The molecule has 8 nitrogen and oxygen atoms in total. The minimum Gasteiger partial charge on any atom is -0.463 e. The van der Waals surface area contributed by atoms with Gasteiger partial charge in [0.15, 0.2) is 16.3 Å². The first-order chi connectivity index (χ1) is 16.9. The number of allylic oxidation sites excluding steroid dienone is 1. The highest BCUT2D eigenvalue weighted by Gasteiger charge is 2.31. The average Bonchev–Trinajstić information content (AvgIpc) is 3.43. The molecule has 180 valence electrons. The van der Waals surface area contributed by atoms with Gasteiger partial charge in [-0.15, -0.1) is 0 Å². The molecule has 0 radical (unpaired) electrons. The van der Waals surface area contributed by atoms with E-state index in [-0.39, 0.29) is 19.0 Å². The first-order valence-electron chi connectivity index (χ1n) is 11.2. The molecule has 35 heavy (non-hydrogen) atoms. The van der Waals surface area contributed by atoms with Gasteiger partial charge in [0.05, 0.1) is 16.7 Å². The third-order valence-corrected chi connectivity index (χ3v) is 6.94. The highest BCUT2D eigenvalue weighted by atomic mass is 32.1. The fourth-order valence-electron chi connectivity index (χ4n) is 4.17. The Bertz CT molecular complexity index is 1520. The molecule has 3 heterocycles. The van der Waals surface area contributed by atoms with E-state index in [1.807, 2.05) is 61.5 Å². The monoisotopic (exact) mass is 491 g/mol. The van der Waals surface area contributed by atoms with Gasteiger partial charge in [-0.1, -0.05) is 29.5 Å². The summed E-state index contributed by atoms with van der Waals surface area (Å²) in [6.45, 7) is 3.95. The number of anilines is 1. The van der Waals surface area contributed by atoms with Crippen molar-refractivity contribution in [1.82, 2.24) is 4.57 Å². The summed E-state index contributed by atoms with van der Waals surface area (Å²) in [6.07, 6.45) is 1.80. The molecule has 0 saturated carbocycles. The fourth-order valence-corrected chi connectivity index (χ4v) is 5.21. The number of carbonyl (C=O) groups is 1. The summed E-state index contributed by atoms with van der Waals surface area (Å²) in [4.78, 5) is 33.8. The van der Waals surface area contributed by atoms with Crippen molar-refractivity contribution in [3.05, 3.63) is 78.9 Å². The number of aromatic nitrogens is 1. The zero-order valence-corrected chi connectivity index (χ0v) is 20.7. The molecule has 0 saturated heterocycles. The predicted octanol–water partition coefficient (Wildman–Crippen LogP) is 2.70. The van der Waals surface area contributed by atoms with Crippen LogP contribution in [0.5, 0.6) is 11.5 Å². The number of ether oxygens (including phenoxy) is 3. The maximum Gasteiger partial charge on any atom is 0.338 e. The van der Waals surface area contributed by atoms with Gasteiger partial charge < -0.3 is 19.1 Å². The van der Waals surface area contributed by atoms with Crippen LogP contribution in [0, 0.1) is 0 Å². The Morgan fingerprint density at radius 1 is 1.20 bits per heavy atom. The van der Waals surface area contributed by atoms with E-state index in [0.717, 1.165) is 16.8 Å². The van der Waals surface area contributed by atoms with E-state index in [2.05, 4.69) is 0 Å². The second-order valence-electron chi connectivity index (χ2n) is 8.38. The molecule has 1 aromatic heterocycles. The zero-order chi connectivity index (χ0) is 24.7. The normalized spacial score (nSPS) is 16.7. The minimum atomic E-state index is -0.568. The topological polar surface area (TPSA) is 82.4 Å². The molecular formula is C26H25N3O5S. The molecule has 5 rings (SSSR count). The Hall–Kier alpha value is -3.85. The number of nitrogens with zero attached hydrogens (tertiary/aromatic N) is 3. The molecule has 2 aliphatic rings. The van der Waals surface area contributed by atoms with Gasteiger partial charge in [0.1, 0.15) is 6.04 Å². The van der Waals surface area contributed by atoms with Gasteiger partial charge >= 0.3 is 5.97 Å². The van der Waals surface area contributed by atoms with Crippen LogP contribution < -0.4 is 29.3 Å². The summed E-state index contributed by atoms with van der Waals surface area (Å²) in [5.41, 5.74) is 3.37. The Labute approximate surface area is 206 Å². The van der Waals surface area contributed by atoms with Crippen molar-refractivity contribution in [3.8, 4) is 11.5 Å². The van der Waals surface area contributed by atoms with Crippen LogP contribution >= 0.6 is 11.3 Å². The van der Waals surface area contributed by atoms with Crippen molar-refractivity contribution in [3.63, 3.8) is 0 Å². The number of carbonyl (C=O) groups excluding carboxylic acids is 1. The van der Waals surface area contributed by atoms with Crippen LogP contribution in [0.1, 0.15) is 31.0 Å². The number of hydrogen-bond donors (Lipinski definition) is 0. The standard InChI is InChI=1S/C26H25N3O5S/c1-5-32-25(31)22-15(2)29-24(30)21(13-16-6-11-19-20(12-16)34-14-33-19)35-26(29)27-23(22)17-7-9-18(10-8-17)28(3)4/h6-13,23H,5,14H2,1-4H3/b21-13-/t23-/m0/s1. The van der Waals surface area contributed by atoms with Crippen LogP contribution in [0.25, 0.3) is 11.8 Å². The van der Waals surface area contributed by atoms with Gasteiger partial charge in [0.25, 0.3) is 5.56 Å². The molecule has 0 N–H and O–H groups in total. The third-order valence-electron chi connectivity index (χ3n) is 5.96. The van der Waals surface area contributed by atoms with E-state index < -0.39 is 12.0 Å². The highest BCUT2D eigenvalue weighted by molar-refractivity contribution is 7.07. The van der Waals surface area contributed by atoms with Crippen molar-refractivity contribution >= 4 is 34.8 Å². The predicted molar refractivity (Wildman–Crippen MR) is 135 cm³/mol. The lowest BCUT2D eigenvalue weighted by Gasteiger charge is -2.23. The summed E-state index contributed by atoms with van der Waals surface area (Å²) in [7, 11) is 3.94. The molecule has 0 bridgehead atoms. The molecule has 3 aromatic rings. The van der Waals surface area contributed by atoms with E-state index in [1.165, 1.54) is 15.9 Å². The van der Waals surface area contributed by atoms with E-state index in [0.29, 0.717) is 32.1 Å². The molecule has 0 amide bonds. The van der Waals surface area contributed by atoms with Gasteiger partial charge in [-0.25, -0.2) is 9.79 Å². The Morgan fingerprint density at radius 3 is 2.66 bits per heavy atom. The van der Waals surface area contributed by atoms with Gasteiger partial charge in [0, 0.05) is 25.5 Å². The van der Waals surface area contributed by atoms with Gasteiger partial charge in [0.2, 0.25) is 6.79 Å². The minimum absolute atomic E-state index is 0.186. The summed E-state index contributed by atoms with van der Waals surface area (Å²) in [5, 5.41) is 0. The van der Waals surface area contributed by atoms with Gasteiger partial charge in [-0.2, -0.15) is 0 Å². The van der Waals surface area contributed by atoms with Gasteiger partial charge in [-0.3, -0.25) is 9.36 Å². The number of rotatable bonds is 5. The molecule has 2 aliphatic heterocycles. The van der Waals surface area contributed by atoms with Crippen LogP contribution in [-0.2, 0) is 9.53 Å². The SMILES string of the molecule is CCOC(=O)C1=C(C)n2c(s/c(=C\c3ccc4c(c3)OCO4)c2=O)=N[C@H]1c1ccc(N(C)C)cc1. The number of thiazole rings is 1. The van der Waals surface area contributed by atoms with E-state index in [4.69, 9.17) is 19.2 Å². The molecule has 0 unspecified atom stereocenters. The Kier molecular flexibility index (Phi) is 5.94. The van der Waals surface area contributed by atoms with E-state index in [1.54, 1.807) is 19.9 Å².